The zero-order valence-corrected chi connectivity index (χ0v) is 18.6. The standard InChI is InChI=1S/C25H20BrN3S/c26-23-15-13-22(14-16-23)24-19-30-25(27-18-21-10-5-2-6-11-21)29(24)28-17-7-12-20-8-3-1-4-9-20/h1-17,19H,18H2/b12-7+,27-25?,28-17+. The van der Waals surface area contributed by atoms with Crippen LogP contribution >= 0.6 is 27.3 Å². The van der Waals surface area contributed by atoms with Crippen molar-refractivity contribution in [3.8, 4) is 11.3 Å². The largest absolute Gasteiger partial charge is 0.253 e. The van der Waals surface area contributed by atoms with Gasteiger partial charge in [0.1, 0.15) is 0 Å². The minimum absolute atomic E-state index is 0.622. The van der Waals surface area contributed by atoms with Crippen molar-refractivity contribution in [1.82, 2.24) is 4.68 Å². The van der Waals surface area contributed by atoms with E-state index in [4.69, 9.17) is 10.1 Å². The van der Waals surface area contributed by atoms with E-state index in [0.29, 0.717) is 6.54 Å². The Bertz CT molecular complexity index is 1200. The van der Waals surface area contributed by atoms with Crippen LogP contribution in [-0.4, -0.2) is 10.9 Å². The monoisotopic (exact) mass is 473 g/mol. The predicted molar refractivity (Wildman–Crippen MR) is 131 cm³/mol. The number of halogens is 1. The lowest BCUT2D eigenvalue weighted by molar-refractivity contribution is 0.825. The fourth-order valence-electron chi connectivity index (χ4n) is 2.90. The van der Waals surface area contributed by atoms with Crippen LogP contribution in [0.2, 0.25) is 0 Å². The van der Waals surface area contributed by atoms with Crippen LogP contribution in [0.1, 0.15) is 11.1 Å². The fraction of sp³-hybridized carbons (Fsp3) is 0.0400. The van der Waals surface area contributed by atoms with Gasteiger partial charge in [-0.2, -0.15) is 5.10 Å². The smallest absolute Gasteiger partial charge is 0.206 e. The number of benzene rings is 3. The fourth-order valence-corrected chi connectivity index (χ4v) is 4.01. The number of aromatic nitrogens is 1. The first kappa shape index (κ1) is 20.3. The van der Waals surface area contributed by atoms with Gasteiger partial charge in [0.15, 0.2) is 0 Å². The molecule has 5 heteroatoms. The topological polar surface area (TPSA) is 29.6 Å². The molecule has 0 saturated heterocycles. The zero-order chi connectivity index (χ0) is 20.6. The Morgan fingerprint density at radius 3 is 2.30 bits per heavy atom. The molecular weight excluding hydrogens is 454 g/mol. The quantitative estimate of drug-likeness (QED) is 0.281. The van der Waals surface area contributed by atoms with Gasteiger partial charge < -0.3 is 0 Å². The number of thiazole rings is 1. The average Bonchev–Trinajstić information content (AvgIpc) is 3.20. The maximum atomic E-state index is 4.81. The molecule has 1 heterocycles. The molecule has 0 saturated carbocycles. The van der Waals surface area contributed by atoms with Crippen LogP contribution in [0.25, 0.3) is 17.3 Å². The minimum Gasteiger partial charge on any atom is -0.253 e. The van der Waals surface area contributed by atoms with Crippen molar-refractivity contribution in [2.24, 2.45) is 10.1 Å². The predicted octanol–water partition coefficient (Wildman–Crippen LogP) is 6.63. The number of nitrogens with zero attached hydrogens (tertiary/aromatic N) is 3. The lowest BCUT2D eigenvalue weighted by Crippen LogP contribution is -2.12. The number of rotatable bonds is 6. The summed E-state index contributed by atoms with van der Waals surface area (Å²) in [5, 5.41) is 6.80. The molecule has 0 radical (unpaired) electrons. The molecule has 0 fully saturated rings. The van der Waals surface area contributed by atoms with Crippen molar-refractivity contribution >= 4 is 39.6 Å². The van der Waals surface area contributed by atoms with Gasteiger partial charge in [-0.15, -0.1) is 11.3 Å². The Balaban J connectivity index is 1.67. The van der Waals surface area contributed by atoms with E-state index in [1.165, 1.54) is 5.56 Å². The summed E-state index contributed by atoms with van der Waals surface area (Å²) in [7, 11) is 0. The normalized spacial score (nSPS) is 12.2. The molecule has 3 nitrogen and oxygen atoms in total. The maximum Gasteiger partial charge on any atom is 0.206 e. The molecule has 0 bridgehead atoms. The van der Waals surface area contributed by atoms with Gasteiger partial charge in [-0.1, -0.05) is 94.8 Å². The third-order valence-electron chi connectivity index (χ3n) is 4.42. The van der Waals surface area contributed by atoms with E-state index in [-0.39, 0.29) is 0 Å². The zero-order valence-electron chi connectivity index (χ0n) is 16.2. The summed E-state index contributed by atoms with van der Waals surface area (Å²) < 4.78 is 2.96. The molecule has 0 aliphatic rings. The molecule has 0 N–H and O–H groups in total. The van der Waals surface area contributed by atoms with Gasteiger partial charge >= 0.3 is 0 Å². The Morgan fingerprint density at radius 1 is 0.867 bits per heavy atom. The van der Waals surface area contributed by atoms with Gasteiger partial charge in [0, 0.05) is 21.6 Å². The molecule has 0 amide bonds. The second kappa shape index (κ2) is 10.1. The van der Waals surface area contributed by atoms with Crippen LogP contribution in [0.15, 0.2) is 111 Å². The van der Waals surface area contributed by atoms with Crippen LogP contribution in [0.5, 0.6) is 0 Å². The Morgan fingerprint density at radius 2 is 1.57 bits per heavy atom. The lowest BCUT2D eigenvalue weighted by atomic mass is 10.2. The second-order valence-corrected chi connectivity index (χ2v) is 8.31. The van der Waals surface area contributed by atoms with Gasteiger partial charge in [0.2, 0.25) is 4.80 Å². The van der Waals surface area contributed by atoms with Gasteiger partial charge in [-0.25, -0.2) is 4.68 Å². The highest BCUT2D eigenvalue weighted by molar-refractivity contribution is 9.10. The molecule has 0 unspecified atom stereocenters. The van der Waals surface area contributed by atoms with Gasteiger partial charge in [-0.3, -0.25) is 4.99 Å². The third-order valence-corrected chi connectivity index (χ3v) is 5.80. The van der Waals surface area contributed by atoms with Crippen molar-refractivity contribution in [3.63, 3.8) is 0 Å². The molecule has 4 aromatic rings. The Labute approximate surface area is 188 Å². The molecule has 1 aromatic heterocycles. The van der Waals surface area contributed by atoms with E-state index in [9.17, 15) is 0 Å². The number of allylic oxidation sites excluding steroid dienone is 1. The molecule has 0 aliphatic heterocycles. The van der Waals surface area contributed by atoms with E-state index in [1.807, 2.05) is 71.6 Å². The number of hydrogen-bond donors (Lipinski definition) is 0. The van der Waals surface area contributed by atoms with Crippen molar-refractivity contribution in [1.29, 1.82) is 0 Å². The molecule has 0 aliphatic carbocycles. The summed E-state index contributed by atoms with van der Waals surface area (Å²) in [4.78, 5) is 5.67. The molecule has 3 aromatic carbocycles. The van der Waals surface area contributed by atoms with E-state index in [2.05, 4.69) is 57.7 Å². The molecule has 148 valence electrons. The van der Waals surface area contributed by atoms with Crippen molar-refractivity contribution in [2.45, 2.75) is 6.54 Å². The van der Waals surface area contributed by atoms with Crippen LogP contribution in [0, 0.1) is 0 Å². The van der Waals surface area contributed by atoms with Gasteiger partial charge in [0.05, 0.1) is 12.2 Å². The molecular formula is C25H20BrN3S. The minimum atomic E-state index is 0.622. The summed E-state index contributed by atoms with van der Waals surface area (Å²) in [5.74, 6) is 0. The van der Waals surface area contributed by atoms with Crippen molar-refractivity contribution in [3.05, 3.63) is 117 Å². The first-order chi connectivity index (χ1) is 14.8. The lowest BCUT2D eigenvalue weighted by Gasteiger charge is -2.03. The van der Waals surface area contributed by atoms with E-state index in [1.54, 1.807) is 11.3 Å². The molecule has 0 atom stereocenters. The van der Waals surface area contributed by atoms with Crippen LogP contribution in [0.4, 0.5) is 0 Å². The Kier molecular flexibility index (Phi) is 6.85. The number of hydrogen-bond acceptors (Lipinski definition) is 3. The SMILES string of the molecule is Brc1ccc(-c2csc(=NCc3ccccc3)n2/N=C/C=C/c2ccccc2)cc1. The summed E-state index contributed by atoms with van der Waals surface area (Å²) in [6.45, 7) is 0.622. The van der Waals surface area contributed by atoms with E-state index >= 15 is 0 Å². The first-order valence-electron chi connectivity index (χ1n) is 9.56. The van der Waals surface area contributed by atoms with Crippen LogP contribution in [-0.2, 0) is 6.54 Å². The summed E-state index contributed by atoms with van der Waals surface area (Å²) in [5.41, 5.74) is 4.43. The molecule has 0 spiro atoms. The van der Waals surface area contributed by atoms with Crippen molar-refractivity contribution < 1.29 is 0 Å². The van der Waals surface area contributed by atoms with Gasteiger partial charge in [-0.05, 0) is 29.3 Å². The maximum absolute atomic E-state index is 4.81. The first-order valence-corrected chi connectivity index (χ1v) is 11.2. The summed E-state index contributed by atoms with van der Waals surface area (Å²) in [6.07, 6.45) is 5.80. The Hall–Kier alpha value is -3.02. The second-order valence-electron chi connectivity index (χ2n) is 6.56. The summed E-state index contributed by atoms with van der Waals surface area (Å²) >= 11 is 5.10. The molecule has 30 heavy (non-hydrogen) atoms. The highest BCUT2D eigenvalue weighted by Gasteiger charge is 2.07. The highest BCUT2D eigenvalue weighted by atomic mass is 79.9. The van der Waals surface area contributed by atoms with Gasteiger partial charge in [0.25, 0.3) is 0 Å². The van der Waals surface area contributed by atoms with E-state index in [0.717, 1.165) is 26.1 Å². The highest BCUT2D eigenvalue weighted by Crippen LogP contribution is 2.22. The van der Waals surface area contributed by atoms with Crippen LogP contribution in [0.3, 0.4) is 0 Å². The van der Waals surface area contributed by atoms with Crippen LogP contribution < -0.4 is 4.80 Å². The van der Waals surface area contributed by atoms with Crippen molar-refractivity contribution in [2.75, 3.05) is 0 Å². The molecule has 4 rings (SSSR count). The van der Waals surface area contributed by atoms with E-state index < -0.39 is 0 Å². The average molecular weight is 474 g/mol. The summed E-state index contributed by atoms with van der Waals surface area (Å²) in [6, 6.07) is 28.7. The third kappa shape index (κ3) is 5.32.